The Morgan fingerprint density at radius 1 is 0.667 bits per heavy atom. The zero-order valence-electron chi connectivity index (χ0n) is 16.3. The van der Waals surface area contributed by atoms with Gasteiger partial charge in [0, 0.05) is 11.8 Å². The fourth-order valence-electron chi connectivity index (χ4n) is 7.45. The molecule has 1 aromatic carbocycles. The zero-order chi connectivity index (χ0) is 20.3. The molecular formula is C25H21NO4. The van der Waals surface area contributed by atoms with Gasteiger partial charge in [-0.3, -0.25) is 24.1 Å². The van der Waals surface area contributed by atoms with Crippen LogP contribution in [0.1, 0.15) is 24.3 Å². The van der Waals surface area contributed by atoms with Crippen LogP contribution < -0.4 is 4.90 Å². The Bertz CT molecular complexity index is 973. The van der Waals surface area contributed by atoms with Crippen molar-refractivity contribution in [3.05, 3.63) is 54.1 Å². The summed E-state index contributed by atoms with van der Waals surface area (Å²) in [6, 6.07) is 7.01. The van der Waals surface area contributed by atoms with Crippen LogP contribution >= 0.6 is 0 Å². The average molecular weight is 399 g/mol. The van der Waals surface area contributed by atoms with E-state index < -0.39 is 5.92 Å². The number of fused-ring (bicyclic) bond motifs is 10. The van der Waals surface area contributed by atoms with E-state index in [-0.39, 0.29) is 70.7 Å². The van der Waals surface area contributed by atoms with Crippen LogP contribution in [0.5, 0.6) is 0 Å². The van der Waals surface area contributed by atoms with E-state index in [1.54, 1.807) is 24.3 Å². The van der Waals surface area contributed by atoms with E-state index >= 15 is 0 Å². The average Bonchev–Trinajstić information content (AvgIpc) is 3.55. The summed E-state index contributed by atoms with van der Waals surface area (Å²) < 4.78 is 0. The second-order valence-electron chi connectivity index (χ2n) is 9.84. The molecule has 0 aromatic heterocycles. The number of benzene rings is 1. The normalized spacial score (nSPS) is 44.7. The van der Waals surface area contributed by atoms with Crippen molar-refractivity contribution in [1.82, 2.24) is 0 Å². The maximum absolute atomic E-state index is 13.2. The van der Waals surface area contributed by atoms with Crippen molar-refractivity contribution in [1.29, 1.82) is 0 Å². The van der Waals surface area contributed by atoms with Crippen molar-refractivity contribution in [2.75, 3.05) is 4.90 Å². The van der Waals surface area contributed by atoms with Crippen LogP contribution in [-0.2, 0) is 19.2 Å². The number of anilines is 1. The summed E-state index contributed by atoms with van der Waals surface area (Å²) in [6.07, 6.45) is 10.2. The van der Waals surface area contributed by atoms with Crippen LogP contribution in [0.3, 0.4) is 0 Å². The first-order valence-corrected chi connectivity index (χ1v) is 11.0. The SMILES string of the molecule is O=C1C(c2cccc(N3C(=O)C4C5C=CC(C5)C4C3=O)c2)C(=O)C2C3C=CC(C3)C12. The topological polar surface area (TPSA) is 71.5 Å². The minimum Gasteiger partial charge on any atom is -0.298 e. The Morgan fingerprint density at radius 2 is 1.17 bits per heavy atom. The van der Waals surface area contributed by atoms with Crippen molar-refractivity contribution in [3.63, 3.8) is 0 Å². The van der Waals surface area contributed by atoms with E-state index in [1.165, 1.54) is 4.90 Å². The molecule has 8 unspecified atom stereocenters. The first-order valence-electron chi connectivity index (χ1n) is 11.0. The van der Waals surface area contributed by atoms with Crippen molar-refractivity contribution in [2.45, 2.75) is 18.8 Å². The van der Waals surface area contributed by atoms with Crippen molar-refractivity contribution in [3.8, 4) is 0 Å². The molecule has 3 saturated carbocycles. The lowest BCUT2D eigenvalue weighted by Gasteiger charge is -2.19. The van der Waals surface area contributed by atoms with Gasteiger partial charge >= 0.3 is 0 Å². The molecule has 2 amide bonds. The van der Waals surface area contributed by atoms with Gasteiger partial charge in [-0.15, -0.1) is 0 Å². The van der Waals surface area contributed by atoms with Gasteiger partial charge in [-0.2, -0.15) is 0 Å². The van der Waals surface area contributed by atoms with E-state index in [0.717, 1.165) is 12.8 Å². The van der Waals surface area contributed by atoms with Gasteiger partial charge in [-0.05, 0) is 54.2 Å². The van der Waals surface area contributed by atoms with Gasteiger partial charge in [0.25, 0.3) is 0 Å². The Kier molecular flexibility index (Phi) is 3.07. The molecule has 1 aliphatic heterocycles. The number of Topliss-reactive ketones (excluding diaryl/α,β-unsaturated/α-hetero) is 2. The maximum Gasteiger partial charge on any atom is 0.238 e. The number of imide groups is 1. The molecule has 0 spiro atoms. The quantitative estimate of drug-likeness (QED) is 0.436. The number of carbonyl (C=O) groups is 4. The van der Waals surface area contributed by atoms with Crippen LogP contribution in [0.2, 0.25) is 0 Å². The van der Waals surface area contributed by atoms with E-state index in [0.29, 0.717) is 11.3 Å². The fourth-order valence-corrected chi connectivity index (χ4v) is 7.45. The van der Waals surface area contributed by atoms with E-state index in [9.17, 15) is 19.2 Å². The molecule has 7 rings (SSSR count). The number of amides is 2. The van der Waals surface area contributed by atoms with Gasteiger partial charge in [0.15, 0.2) is 11.6 Å². The summed E-state index contributed by atoms with van der Waals surface area (Å²) in [7, 11) is 0. The smallest absolute Gasteiger partial charge is 0.238 e. The molecule has 1 heterocycles. The minimum atomic E-state index is -0.768. The summed E-state index contributed by atoms with van der Waals surface area (Å²) in [5, 5.41) is 0. The Hall–Kier alpha value is -2.82. The first kappa shape index (κ1) is 16.9. The lowest BCUT2D eigenvalue weighted by atomic mass is 9.85. The maximum atomic E-state index is 13.2. The van der Waals surface area contributed by atoms with E-state index in [4.69, 9.17) is 0 Å². The second kappa shape index (κ2) is 5.45. The molecule has 5 heteroatoms. The van der Waals surface area contributed by atoms with Gasteiger partial charge in [-0.1, -0.05) is 36.4 Å². The molecule has 30 heavy (non-hydrogen) atoms. The predicted molar refractivity (Wildman–Crippen MR) is 107 cm³/mol. The summed E-state index contributed by atoms with van der Waals surface area (Å²) in [5.74, 6) is -1.24. The number of hydrogen-bond acceptors (Lipinski definition) is 4. The third-order valence-corrected chi connectivity index (χ3v) is 8.62. The van der Waals surface area contributed by atoms with Gasteiger partial charge in [0.2, 0.25) is 11.8 Å². The molecular weight excluding hydrogens is 378 g/mol. The molecule has 0 radical (unpaired) electrons. The zero-order valence-corrected chi connectivity index (χ0v) is 16.3. The molecule has 1 aromatic rings. The predicted octanol–water partition coefficient (Wildman–Crippen LogP) is 2.67. The lowest BCUT2D eigenvalue weighted by Crippen LogP contribution is -2.33. The molecule has 5 aliphatic carbocycles. The van der Waals surface area contributed by atoms with Crippen molar-refractivity contribution in [2.24, 2.45) is 47.3 Å². The summed E-state index contributed by atoms with van der Waals surface area (Å²) in [4.78, 5) is 54.0. The van der Waals surface area contributed by atoms with Crippen LogP contribution in [-0.4, -0.2) is 23.4 Å². The highest BCUT2D eigenvalue weighted by atomic mass is 16.2. The highest BCUT2D eigenvalue weighted by molar-refractivity contribution is 6.23. The van der Waals surface area contributed by atoms with Crippen molar-refractivity contribution >= 4 is 29.1 Å². The standard InChI is InChI=1S/C25H21NO4/c27-22-17-12-4-5-13(8-12)18(17)23(28)21(22)11-2-1-3-16(10-11)26-24(29)19-14-6-7-15(9-14)20(19)25(26)30/h1-7,10,12-15,17-21H,8-9H2. The number of ketones is 2. The fraction of sp³-hybridized carbons (Fsp3) is 0.440. The Labute approximate surface area is 173 Å². The molecule has 5 nitrogen and oxygen atoms in total. The molecule has 8 atom stereocenters. The highest BCUT2D eigenvalue weighted by Crippen LogP contribution is 2.56. The monoisotopic (exact) mass is 399 g/mol. The van der Waals surface area contributed by atoms with E-state index in [1.807, 2.05) is 0 Å². The molecule has 6 aliphatic rings. The first-order chi connectivity index (χ1) is 14.5. The molecule has 4 fully saturated rings. The number of rotatable bonds is 2. The van der Waals surface area contributed by atoms with Crippen LogP contribution in [0.4, 0.5) is 5.69 Å². The molecule has 4 bridgehead atoms. The largest absolute Gasteiger partial charge is 0.298 e. The lowest BCUT2D eigenvalue weighted by molar-refractivity contribution is -0.126. The molecule has 1 saturated heterocycles. The Morgan fingerprint density at radius 3 is 1.70 bits per heavy atom. The van der Waals surface area contributed by atoms with Gasteiger partial charge in [-0.25, -0.2) is 0 Å². The number of nitrogens with zero attached hydrogens (tertiary/aromatic N) is 1. The molecule has 150 valence electrons. The third kappa shape index (κ3) is 1.85. The van der Waals surface area contributed by atoms with Gasteiger partial charge < -0.3 is 0 Å². The summed E-state index contributed by atoms with van der Waals surface area (Å²) in [6.45, 7) is 0. The number of carbonyl (C=O) groups excluding carboxylic acids is 4. The summed E-state index contributed by atoms with van der Waals surface area (Å²) in [5.41, 5.74) is 1.12. The van der Waals surface area contributed by atoms with Crippen LogP contribution in [0, 0.1) is 47.3 Å². The third-order valence-electron chi connectivity index (χ3n) is 8.62. The highest BCUT2D eigenvalue weighted by Gasteiger charge is 2.61. The van der Waals surface area contributed by atoms with Crippen molar-refractivity contribution < 1.29 is 19.2 Å². The van der Waals surface area contributed by atoms with Gasteiger partial charge in [0.1, 0.15) is 5.92 Å². The minimum absolute atomic E-state index is 0.0113. The molecule has 0 N–H and O–H groups in total. The van der Waals surface area contributed by atoms with Crippen LogP contribution in [0.15, 0.2) is 48.6 Å². The van der Waals surface area contributed by atoms with Gasteiger partial charge in [0.05, 0.1) is 17.5 Å². The summed E-state index contributed by atoms with van der Waals surface area (Å²) >= 11 is 0. The van der Waals surface area contributed by atoms with Crippen LogP contribution in [0.25, 0.3) is 0 Å². The number of hydrogen-bond donors (Lipinski definition) is 0. The van der Waals surface area contributed by atoms with E-state index in [2.05, 4.69) is 24.3 Å². The number of allylic oxidation sites excluding steroid dienone is 4. The Balaban J connectivity index is 1.24. The second-order valence-corrected chi connectivity index (χ2v) is 9.84.